The van der Waals surface area contributed by atoms with Gasteiger partial charge in [-0.25, -0.2) is 13.2 Å². The van der Waals surface area contributed by atoms with Gasteiger partial charge in [-0.1, -0.05) is 11.8 Å². The lowest BCUT2D eigenvalue weighted by atomic mass is 10.2. The summed E-state index contributed by atoms with van der Waals surface area (Å²) in [5.41, 5.74) is 1.28. The molecule has 0 saturated carbocycles. The molecule has 188 valence electrons. The van der Waals surface area contributed by atoms with Crippen molar-refractivity contribution in [1.82, 2.24) is 5.32 Å². The lowest BCUT2D eigenvalue weighted by molar-refractivity contribution is -0.117. The van der Waals surface area contributed by atoms with Crippen LogP contribution in [0.5, 0.6) is 0 Å². The van der Waals surface area contributed by atoms with E-state index >= 15 is 0 Å². The SMILES string of the molecule is CCN(CC)c1ccc(N2C(=NC(=O)CCNC(=O)OC(C)(C)C)S[C@H]3CS(=O)(=O)C[C@H]32)cc1. The molecule has 1 aromatic rings. The number of ether oxygens (including phenoxy) is 1. The number of carbonyl (C=O) groups excluding carboxylic acids is 2. The fourth-order valence-electron chi connectivity index (χ4n) is 4.03. The van der Waals surface area contributed by atoms with Crippen LogP contribution in [0.2, 0.25) is 0 Å². The summed E-state index contributed by atoms with van der Waals surface area (Å²) in [6.07, 6.45) is -0.566. The maximum absolute atomic E-state index is 12.6. The predicted molar refractivity (Wildman–Crippen MR) is 138 cm³/mol. The van der Waals surface area contributed by atoms with Crippen molar-refractivity contribution in [2.75, 3.05) is 40.9 Å². The Morgan fingerprint density at radius 3 is 2.41 bits per heavy atom. The van der Waals surface area contributed by atoms with Gasteiger partial charge in [0.2, 0.25) is 5.91 Å². The summed E-state index contributed by atoms with van der Waals surface area (Å²) in [7, 11) is -3.14. The number of hydrogen-bond donors (Lipinski definition) is 1. The standard InChI is InChI=1S/C23H34N4O5S2/c1-6-26(7-2)16-8-10-17(11-9-16)27-18-14-34(30,31)15-19(18)33-21(27)25-20(28)12-13-24-22(29)32-23(3,4)5/h8-11,18-19H,6-7,12-15H2,1-5H3,(H,24,29)/t18-,19+/m1/s1. The van der Waals surface area contributed by atoms with Crippen LogP contribution in [0.25, 0.3) is 0 Å². The molecular weight excluding hydrogens is 476 g/mol. The Hall–Kier alpha value is -2.27. The maximum atomic E-state index is 12.6. The molecule has 3 rings (SSSR count). The number of benzene rings is 1. The van der Waals surface area contributed by atoms with Gasteiger partial charge in [-0.3, -0.25) is 4.79 Å². The molecule has 1 aromatic carbocycles. The quantitative estimate of drug-likeness (QED) is 0.596. The fraction of sp³-hybridized carbons (Fsp3) is 0.609. The first-order valence-electron chi connectivity index (χ1n) is 11.5. The van der Waals surface area contributed by atoms with Crippen molar-refractivity contribution < 1.29 is 22.7 Å². The summed E-state index contributed by atoms with van der Waals surface area (Å²) in [5.74, 6) is -0.272. The summed E-state index contributed by atoms with van der Waals surface area (Å²) < 4.78 is 29.7. The smallest absolute Gasteiger partial charge is 0.407 e. The molecule has 2 heterocycles. The minimum absolute atomic E-state index is 0.0195. The minimum atomic E-state index is -3.14. The highest BCUT2D eigenvalue weighted by Gasteiger charge is 2.49. The Morgan fingerprint density at radius 2 is 1.82 bits per heavy atom. The highest BCUT2D eigenvalue weighted by atomic mass is 32.2. The van der Waals surface area contributed by atoms with E-state index in [4.69, 9.17) is 4.74 Å². The third-order valence-corrected chi connectivity index (χ3v) is 8.76. The topological polar surface area (TPSA) is 108 Å². The number of amides is 2. The lowest BCUT2D eigenvalue weighted by Gasteiger charge is -2.26. The van der Waals surface area contributed by atoms with Gasteiger partial charge in [-0.15, -0.1) is 0 Å². The average Bonchev–Trinajstić information content (AvgIpc) is 3.18. The second-order valence-electron chi connectivity index (χ2n) is 9.33. The van der Waals surface area contributed by atoms with E-state index in [0.29, 0.717) is 5.17 Å². The van der Waals surface area contributed by atoms with Crippen LogP contribution in [0.1, 0.15) is 41.0 Å². The maximum Gasteiger partial charge on any atom is 0.407 e. The second-order valence-corrected chi connectivity index (χ2v) is 12.7. The number of alkyl carbamates (subject to hydrolysis) is 1. The summed E-state index contributed by atoms with van der Waals surface area (Å²) in [4.78, 5) is 32.7. The zero-order chi connectivity index (χ0) is 25.1. The van der Waals surface area contributed by atoms with Crippen LogP contribution in [0.15, 0.2) is 29.3 Å². The van der Waals surface area contributed by atoms with Crippen LogP contribution in [0, 0.1) is 0 Å². The number of amidine groups is 1. The lowest BCUT2D eigenvalue weighted by Crippen LogP contribution is -2.38. The summed E-state index contributed by atoms with van der Waals surface area (Å²) in [6, 6.07) is 7.65. The first-order valence-corrected chi connectivity index (χ1v) is 14.2. The van der Waals surface area contributed by atoms with E-state index in [1.807, 2.05) is 29.2 Å². The van der Waals surface area contributed by atoms with E-state index in [2.05, 4.69) is 29.1 Å². The molecule has 0 bridgehead atoms. The zero-order valence-corrected chi connectivity index (χ0v) is 22.0. The van der Waals surface area contributed by atoms with Gasteiger partial charge in [0.25, 0.3) is 0 Å². The molecule has 9 nitrogen and oxygen atoms in total. The van der Waals surface area contributed by atoms with E-state index in [1.165, 1.54) is 11.8 Å². The highest BCUT2D eigenvalue weighted by Crippen LogP contribution is 2.41. The number of sulfone groups is 1. The third-order valence-electron chi connectivity index (χ3n) is 5.55. The van der Waals surface area contributed by atoms with Crippen LogP contribution in [-0.4, -0.2) is 73.6 Å². The van der Waals surface area contributed by atoms with Crippen molar-refractivity contribution in [3.63, 3.8) is 0 Å². The van der Waals surface area contributed by atoms with Crippen LogP contribution in [-0.2, 0) is 19.4 Å². The van der Waals surface area contributed by atoms with Crippen molar-refractivity contribution in [3.8, 4) is 0 Å². The highest BCUT2D eigenvalue weighted by molar-refractivity contribution is 8.16. The average molecular weight is 511 g/mol. The van der Waals surface area contributed by atoms with Crippen molar-refractivity contribution in [2.24, 2.45) is 4.99 Å². The summed E-state index contributed by atoms with van der Waals surface area (Å²) in [6.45, 7) is 11.4. The van der Waals surface area contributed by atoms with Crippen LogP contribution in [0.3, 0.4) is 0 Å². The fourth-order valence-corrected chi connectivity index (χ4v) is 7.96. The molecule has 2 fully saturated rings. The van der Waals surface area contributed by atoms with Crippen LogP contribution >= 0.6 is 11.8 Å². The molecule has 0 unspecified atom stereocenters. The minimum Gasteiger partial charge on any atom is -0.444 e. The molecular formula is C23H34N4O5S2. The Balaban J connectivity index is 1.74. The van der Waals surface area contributed by atoms with E-state index in [1.54, 1.807) is 20.8 Å². The molecule has 2 atom stereocenters. The van der Waals surface area contributed by atoms with Gasteiger partial charge < -0.3 is 19.9 Å². The molecule has 34 heavy (non-hydrogen) atoms. The van der Waals surface area contributed by atoms with Gasteiger partial charge in [-0.05, 0) is 58.9 Å². The first kappa shape index (κ1) is 26.3. The van der Waals surface area contributed by atoms with Crippen molar-refractivity contribution in [3.05, 3.63) is 24.3 Å². The number of anilines is 2. The molecule has 2 aliphatic heterocycles. The monoisotopic (exact) mass is 510 g/mol. The molecule has 0 spiro atoms. The Morgan fingerprint density at radius 1 is 1.18 bits per heavy atom. The number of nitrogens with one attached hydrogen (secondary N) is 1. The van der Waals surface area contributed by atoms with Crippen molar-refractivity contribution >= 4 is 50.1 Å². The summed E-state index contributed by atoms with van der Waals surface area (Å²) >= 11 is 1.34. The zero-order valence-electron chi connectivity index (χ0n) is 20.4. The van der Waals surface area contributed by atoms with Crippen LogP contribution < -0.4 is 15.1 Å². The number of nitrogens with zero attached hydrogens (tertiary/aromatic N) is 3. The van der Waals surface area contributed by atoms with E-state index in [9.17, 15) is 18.0 Å². The van der Waals surface area contributed by atoms with Gasteiger partial charge in [0.05, 0.1) is 17.5 Å². The van der Waals surface area contributed by atoms with Gasteiger partial charge in [0.15, 0.2) is 15.0 Å². The second kappa shape index (κ2) is 10.6. The number of fused-ring (bicyclic) bond motifs is 1. The molecule has 2 amide bonds. The molecule has 2 aliphatic rings. The number of thioether (sulfide) groups is 1. The van der Waals surface area contributed by atoms with Crippen molar-refractivity contribution in [2.45, 2.75) is 57.9 Å². The van der Waals surface area contributed by atoms with Gasteiger partial charge >= 0.3 is 6.09 Å². The number of carbonyl (C=O) groups is 2. The number of aliphatic imine (C=N–C) groups is 1. The first-order chi connectivity index (χ1) is 15.9. The van der Waals surface area contributed by atoms with E-state index in [0.717, 1.165) is 24.5 Å². The molecule has 0 aromatic heterocycles. The molecule has 1 N–H and O–H groups in total. The molecule has 0 aliphatic carbocycles. The molecule has 11 heteroatoms. The third kappa shape index (κ3) is 6.65. The Kier molecular flexibility index (Phi) is 8.18. The Bertz CT molecular complexity index is 1030. The Labute approximate surface area is 206 Å². The molecule has 0 radical (unpaired) electrons. The number of rotatable bonds is 7. The number of hydrogen-bond acceptors (Lipinski definition) is 7. The van der Waals surface area contributed by atoms with E-state index < -0.39 is 21.5 Å². The van der Waals surface area contributed by atoms with Crippen LogP contribution in [0.4, 0.5) is 16.2 Å². The predicted octanol–water partition coefficient (Wildman–Crippen LogP) is 3.05. The van der Waals surface area contributed by atoms with Gasteiger partial charge in [-0.2, -0.15) is 4.99 Å². The van der Waals surface area contributed by atoms with Gasteiger partial charge in [0.1, 0.15) is 5.60 Å². The largest absolute Gasteiger partial charge is 0.444 e. The van der Waals surface area contributed by atoms with Crippen molar-refractivity contribution in [1.29, 1.82) is 0 Å². The summed E-state index contributed by atoms with van der Waals surface area (Å²) in [5, 5.41) is 2.90. The molecule has 2 saturated heterocycles. The van der Waals surface area contributed by atoms with E-state index in [-0.39, 0.29) is 41.7 Å². The normalized spacial score (nSPS) is 22.5. The van der Waals surface area contributed by atoms with Gasteiger partial charge in [0, 0.05) is 42.7 Å².